The van der Waals surface area contributed by atoms with E-state index in [9.17, 15) is 9.59 Å². The molecule has 2 aromatic heterocycles. The Kier molecular flexibility index (Phi) is 4.50. The molecule has 1 unspecified atom stereocenters. The van der Waals surface area contributed by atoms with Crippen molar-refractivity contribution in [1.29, 1.82) is 0 Å². The Morgan fingerprint density at radius 1 is 1.34 bits per heavy atom. The van der Waals surface area contributed by atoms with Gasteiger partial charge in [0.05, 0.1) is 11.7 Å². The number of carbonyl (C=O) groups excluding carboxylic acids is 1. The zero-order valence-corrected chi connectivity index (χ0v) is 16.9. The third-order valence-electron chi connectivity index (χ3n) is 5.52. The molecular formula is C21H21N3O4S. The van der Waals surface area contributed by atoms with Gasteiger partial charge in [0.15, 0.2) is 11.5 Å². The summed E-state index contributed by atoms with van der Waals surface area (Å²) in [6, 6.07) is 5.56. The average molecular weight is 411 g/mol. The molecule has 3 heterocycles. The van der Waals surface area contributed by atoms with Gasteiger partial charge in [-0.2, -0.15) is 0 Å². The van der Waals surface area contributed by atoms with Gasteiger partial charge in [-0.3, -0.25) is 14.2 Å². The summed E-state index contributed by atoms with van der Waals surface area (Å²) in [4.78, 5) is 31.9. The smallest absolute Gasteiger partial charge is 0.262 e. The lowest BCUT2D eigenvalue weighted by Gasteiger charge is -2.17. The summed E-state index contributed by atoms with van der Waals surface area (Å²) in [6.45, 7) is 2.76. The highest BCUT2D eigenvalue weighted by Gasteiger charge is 2.23. The topological polar surface area (TPSA) is 82.5 Å². The molecule has 1 amide bonds. The summed E-state index contributed by atoms with van der Waals surface area (Å²) in [7, 11) is 0. The zero-order chi connectivity index (χ0) is 20.0. The standard InChI is InChI=1S/C21H21N3O4S/c1-12-2-4-14-17(6-12)29-20-19(14)21(26)24(10-23-20)9-18(25)22-8-13-3-5-15-16(7-13)28-11-27-15/h3,5,7,10,12H,2,4,6,8-9,11H2,1H3,(H,22,25). The fourth-order valence-electron chi connectivity index (χ4n) is 3.94. The minimum Gasteiger partial charge on any atom is -0.454 e. The van der Waals surface area contributed by atoms with Crippen molar-refractivity contribution in [3.8, 4) is 11.5 Å². The van der Waals surface area contributed by atoms with Crippen LogP contribution in [0.4, 0.5) is 0 Å². The molecule has 1 aliphatic carbocycles. The van der Waals surface area contributed by atoms with Crippen molar-refractivity contribution in [3.63, 3.8) is 0 Å². The molecule has 0 saturated heterocycles. The van der Waals surface area contributed by atoms with Crippen molar-refractivity contribution in [3.05, 3.63) is 50.9 Å². The largest absolute Gasteiger partial charge is 0.454 e. The number of rotatable bonds is 4. The van der Waals surface area contributed by atoms with Crippen molar-refractivity contribution in [1.82, 2.24) is 14.9 Å². The van der Waals surface area contributed by atoms with E-state index in [1.165, 1.54) is 15.8 Å². The van der Waals surface area contributed by atoms with Crippen molar-refractivity contribution in [2.45, 2.75) is 39.3 Å². The van der Waals surface area contributed by atoms with E-state index in [-0.39, 0.29) is 24.8 Å². The van der Waals surface area contributed by atoms with Crippen LogP contribution in [0.25, 0.3) is 10.2 Å². The van der Waals surface area contributed by atoms with Crippen LogP contribution in [0.3, 0.4) is 0 Å². The van der Waals surface area contributed by atoms with Gasteiger partial charge in [0, 0.05) is 11.4 Å². The molecule has 0 saturated carbocycles. The molecule has 1 atom stereocenters. The number of amides is 1. The first-order valence-electron chi connectivity index (χ1n) is 9.73. The van der Waals surface area contributed by atoms with Gasteiger partial charge < -0.3 is 14.8 Å². The molecule has 7 nitrogen and oxygen atoms in total. The Bertz CT molecular complexity index is 1170. The number of nitrogens with one attached hydrogen (secondary N) is 1. The number of nitrogens with zero attached hydrogens (tertiary/aromatic N) is 2. The van der Waals surface area contributed by atoms with Gasteiger partial charge in [-0.05, 0) is 48.4 Å². The first-order valence-corrected chi connectivity index (χ1v) is 10.5. The fraction of sp³-hybridized carbons (Fsp3) is 0.381. The normalized spacial score (nSPS) is 17.3. The molecule has 0 fully saturated rings. The maximum atomic E-state index is 13.0. The second-order valence-corrected chi connectivity index (χ2v) is 8.76. The summed E-state index contributed by atoms with van der Waals surface area (Å²) in [5.41, 5.74) is 1.92. The second-order valence-electron chi connectivity index (χ2n) is 7.67. The Labute approximate surface area is 171 Å². The third kappa shape index (κ3) is 3.37. The van der Waals surface area contributed by atoms with E-state index >= 15 is 0 Å². The van der Waals surface area contributed by atoms with Crippen LogP contribution in [0.15, 0.2) is 29.3 Å². The summed E-state index contributed by atoms with van der Waals surface area (Å²) < 4.78 is 12.1. The van der Waals surface area contributed by atoms with Crippen LogP contribution in [-0.2, 0) is 30.7 Å². The summed E-state index contributed by atoms with van der Waals surface area (Å²) in [6.07, 6.45) is 4.49. The lowest BCUT2D eigenvalue weighted by molar-refractivity contribution is -0.121. The molecule has 0 radical (unpaired) electrons. The van der Waals surface area contributed by atoms with Crippen LogP contribution in [0, 0.1) is 5.92 Å². The molecule has 1 N–H and O–H groups in total. The maximum Gasteiger partial charge on any atom is 0.262 e. The van der Waals surface area contributed by atoms with E-state index < -0.39 is 0 Å². The molecule has 2 aliphatic rings. The molecule has 150 valence electrons. The second kappa shape index (κ2) is 7.18. The van der Waals surface area contributed by atoms with Crippen molar-refractivity contribution >= 4 is 27.5 Å². The molecule has 1 aromatic carbocycles. The molecule has 0 spiro atoms. The van der Waals surface area contributed by atoms with Crippen LogP contribution in [0.5, 0.6) is 11.5 Å². The monoisotopic (exact) mass is 411 g/mol. The molecule has 3 aromatic rings. The summed E-state index contributed by atoms with van der Waals surface area (Å²) in [5, 5.41) is 3.55. The van der Waals surface area contributed by atoms with E-state index in [0.717, 1.165) is 35.2 Å². The van der Waals surface area contributed by atoms with E-state index in [4.69, 9.17) is 9.47 Å². The molecule has 8 heteroatoms. The van der Waals surface area contributed by atoms with Crippen LogP contribution in [0.1, 0.15) is 29.3 Å². The Morgan fingerprint density at radius 3 is 3.10 bits per heavy atom. The lowest BCUT2D eigenvalue weighted by Crippen LogP contribution is -2.32. The molecule has 0 bridgehead atoms. The summed E-state index contributed by atoms with van der Waals surface area (Å²) in [5.74, 6) is 1.79. The number of fused-ring (bicyclic) bond motifs is 4. The summed E-state index contributed by atoms with van der Waals surface area (Å²) >= 11 is 1.62. The molecule has 29 heavy (non-hydrogen) atoms. The Morgan fingerprint density at radius 2 is 2.21 bits per heavy atom. The Balaban J connectivity index is 1.31. The zero-order valence-electron chi connectivity index (χ0n) is 16.1. The molecule has 1 aliphatic heterocycles. The first kappa shape index (κ1) is 18.2. The number of aryl methyl sites for hydroxylation is 1. The lowest BCUT2D eigenvalue weighted by atomic mass is 9.89. The highest BCUT2D eigenvalue weighted by atomic mass is 32.1. The average Bonchev–Trinajstić information content (AvgIpc) is 3.32. The number of aromatic nitrogens is 2. The highest BCUT2D eigenvalue weighted by Crippen LogP contribution is 2.35. The number of benzene rings is 1. The van der Waals surface area contributed by atoms with E-state index in [2.05, 4.69) is 17.2 Å². The Hall–Kier alpha value is -2.87. The number of thiophene rings is 1. The third-order valence-corrected chi connectivity index (χ3v) is 6.69. The van der Waals surface area contributed by atoms with Gasteiger partial charge in [0.2, 0.25) is 12.7 Å². The molecular weight excluding hydrogens is 390 g/mol. The van der Waals surface area contributed by atoms with Gasteiger partial charge in [-0.25, -0.2) is 4.98 Å². The minimum atomic E-state index is -0.233. The van der Waals surface area contributed by atoms with Crippen molar-refractivity contribution in [2.24, 2.45) is 5.92 Å². The quantitative estimate of drug-likeness (QED) is 0.714. The molecule has 5 rings (SSSR count). The van der Waals surface area contributed by atoms with Gasteiger partial charge >= 0.3 is 0 Å². The van der Waals surface area contributed by atoms with E-state index in [1.54, 1.807) is 11.3 Å². The number of hydrogen-bond acceptors (Lipinski definition) is 6. The van der Waals surface area contributed by atoms with Crippen LogP contribution < -0.4 is 20.3 Å². The van der Waals surface area contributed by atoms with Gasteiger partial charge in [-0.15, -0.1) is 11.3 Å². The van der Waals surface area contributed by atoms with E-state index in [1.807, 2.05) is 18.2 Å². The van der Waals surface area contributed by atoms with Gasteiger partial charge in [-0.1, -0.05) is 13.0 Å². The SMILES string of the molecule is CC1CCc2c(sc3ncn(CC(=O)NCc4ccc5c(c4)OCO5)c(=O)c23)C1. The van der Waals surface area contributed by atoms with Crippen LogP contribution in [0.2, 0.25) is 0 Å². The van der Waals surface area contributed by atoms with Crippen molar-refractivity contribution in [2.75, 3.05) is 6.79 Å². The van der Waals surface area contributed by atoms with Crippen molar-refractivity contribution < 1.29 is 14.3 Å². The predicted octanol–water partition coefficient (Wildman–Crippen LogP) is 2.63. The predicted molar refractivity (Wildman–Crippen MR) is 109 cm³/mol. The van der Waals surface area contributed by atoms with Gasteiger partial charge in [0.25, 0.3) is 5.56 Å². The number of carbonyl (C=O) groups is 1. The van der Waals surface area contributed by atoms with Crippen LogP contribution >= 0.6 is 11.3 Å². The highest BCUT2D eigenvalue weighted by molar-refractivity contribution is 7.18. The fourth-order valence-corrected chi connectivity index (χ4v) is 5.28. The van der Waals surface area contributed by atoms with Crippen LogP contribution in [-0.4, -0.2) is 22.3 Å². The maximum absolute atomic E-state index is 13.0. The van der Waals surface area contributed by atoms with E-state index in [0.29, 0.717) is 29.3 Å². The van der Waals surface area contributed by atoms with Gasteiger partial charge in [0.1, 0.15) is 11.4 Å². The number of hydrogen-bond donors (Lipinski definition) is 1. The minimum absolute atomic E-state index is 0.0483. The number of ether oxygens (including phenoxy) is 2. The first-order chi connectivity index (χ1) is 14.1.